The van der Waals surface area contributed by atoms with Crippen molar-refractivity contribution in [2.45, 2.75) is 6.04 Å². The van der Waals surface area contributed by atoms with Gasteiger partial charge in [0, 0.05) is 0 Å². The second-order valence-corrected chi connectivity index (χ2v) is 7.34. The first kappa shape index (κ1) is 11.8. The minimum absolute atomic E-state index is 0.682. The van der Waals surface area contributed by atoms with Crippen LogP contribution in [0.2, 0.25) is 0 Å². The second kappa shape index (κ2) is 5.12. The van der Waals surface area contributed by atoms with Crippen LogP contribution in [0, 0.1) is 0 Å². The maximum absolute atomic E-state index is 10.8. The predicted octanol–water partition coefficient (Wildman–Crippen LogP) is 2.34. The van der Waals surface area contributed by atoms with Gasteiger partial charge >= 0.3 is 0 Å². The summed E-state index contributed by atoms with van der Waals surface area (Å²) in [4.78, 5) is 10.8. The molecule has 0 amide bonds. The molecule has 0 aliphatic rings. The highest BCUT2D eigenvalue weighted by atomic mass is 28.4. The Labute approximate surface area is 103 Å². The zero-order valence-electron chi connectivity index (χ0n) is 9.71. The third-order valence-corrected chi connectivity index (χ3v) is 5.88. The molecular weight excluding hydrogens is 224 g/mol. The van der Waals surface area contributed by atoms with E-state index in [1.165, 1.54) is 0 Å². The molecular formula is C15H16OSi. The van der Waals surface area contributed by atoms with E-state index in [9.17, 15) is 4.80 Å². The van der Waals surface area contributed by atoms with Gasteiger partial charge in [0.05, 0.1) is 0 Å². The van der Waals surface area contributed by atoms with Crippen LogP contribution >= 0.6 is 0 Å². The minimum atomic E-state index is -2.58. The van der Waals surface area contributed by atoms with Gasteiger partial charge in [-0.05, 0) is 16.8 Å². The van der Waals surface area contributed by atoms with E-state index in [1.807, 2.05) is 60.7 Å². The number of benzene rings is 2. The minimum Gasteiger partial charge on any atom is -0.424 e. The highest BCUT2D eigenvalue weighted by Gasteiger charge is 2.29. The number of rotatable bonds is 4. The van der Waals surface area contributed by atoms with Crippen LogP contribution in [0.15, 0.2) is 72.9 Å². The van der Waals surface area contributed by atoms with Gasteiger partial charge in [-0.25, -0.2) is 0 Å². The first-order chi connectivity index (χ1) is 8.24. The van der Waals surface area contributed by atoms with Crippen molar-refractivity contribution in [1.82, 2.24) is 0 Å². The molecule has 1 nitrogen and oxygen atoms in total. The lowest BCUT2D eigenvalue weighted by Gasteiger charge is -2.21. The summed E-state index contributed by atoms with van der Waals surface area (Å²) in [5, 5.41) is 1.01. The molecule has 1 atom stereocenters. The molecule has 0 aliphatic carbocycles. The third-order valence-electron chi connectivity index (χ3n) is 2.93. The second-order valence-electron chi connectivity index (χ2n) is 4.16. The van der Waals surface area contributed by atoms with Crippen LogP contribution in [0.25, 0.3) is 0 Å². The Morgan fingerprint density at radius 3 is 2.00 bits per heavy atom. The molecule has 1 unspecified atom stereocenters. The quantitative estimate of drug-likeness (QED) is 0.813. The van der Waals surface area contributed by atoms with Crippen LogP contribution in [-0.2, 0) is 6.04 Å². The van der Waals surface area contributed by atoms with Gasteiger partial charge in [0.2, 0.25) is 8.32 Å². The van der Waals surface area contributed by atoms with Gasteiger partial charge in [0.25, 0.3) is 0 Å². The molecule has 1 N–H and O–H groups in total. The van der Waals surface area contributed by atoms with Crippen molar-refractivity contribution in [3.05, 3.63) is 78.5 Å². The summed E-state index contributed by atoms with van der Waals surface area (Å²) < 4.78 is 0. The van der Waals surface area contributed by atoms with E-state index >= 15 is 0 Å². The van der Waals surface area contributed by atoms with Gasteiger partial charge in [-0.2, -0.15) is 0 Å². The molecule has 2 rings (SSSR count). The molecule has 2 heteroatoms. The van der Waals surface area contributed by atoms with Gasteiger partial charge in [-0.3, -0.25) is 0 Å². The van der Waals surface area contributed by atoms with E-state index in [-0.39, 0.29) is 0 Å². The monoisotopic (exact) mass is 240 g/mol. The molecule has 86 valence electrons. The smallest absolute Gasteiger partial charge is 0.249 e. The van der Waals surface area contributed by atoms with E-state index in [0.717, 1.165) is 10.8 Å². The third kappa shape index (κ3) is 2.73. The molecule has 0 fully saturated rings. The summed E-state index contributed by atoms with van der Waals surface area (Å²) in [6, 6.07) is 20.6. The SMILES string of the molecule is C=C[Si](O)(Cc1ccccc1)c1ccccc1. The first-order valence-corrected chi connectivity index (χ1v) is 7.93. The topological polar surface area (TPSA) is 20.2 Å². The fraction of sp³-hybridized carbons (Fsp3) is 0.0667. The molecule has 0 aromatic heterocycles. The Kier molecular flexibility index (Phi) is 3.57. The molecule has 2 aromatic rings. The maximum Gasteiger partial charge on any atom is 0.249 e. The van der Waals surface area contributed by atoms with E-state index in [1.54, 1.807) is 5.70 Å². The molecule has 0 radical (unpaired) electrons. The van der Waals surface area contributed by atoms with E-state index in [0.29, 0.717) is 6.04 Å². The Bertz CT molecular complexity index is 481. The molecule has 0 saturated heterocycles. The average Bonchev–Trinajstić information content (AvgIpc) is 2.41. The van der Waals surface area contributed by atoms with E-state index < -0.39 is 8.32 Å². The standard InChI is InChI=1S/C15H16OSi/c1-2-17(16,15-11-7-4-8-12-15)13-14-9-5-3-6-10-14/h2-12,16H,1,13H2. The summed E-state index contributed by atoms with van der Waals surface area (Å²) in [5.41, 5.74) is 2.90. The lowest BCUT2D eigenvalue weighted by molar-refractivity contribution is 0.563. The summed E-state index contributed by atoms with van der Waals surface area (Å²) in [7, 11) is -2.58. The van der Waals surface area contributed by atoms with Crippen molar-refractivity contribution >= 4 is 13.5 Å². The van der Waals surface area contributed by atoms with E-state index in [4.69, 9.17) is 0 Å². The molecule has 0 saturated carbocycles. The molecule has 17 heavy (non-hydrogen) atoms. The highest BCUT2D eigenvalue weighted by molar-refractivity contribution is 6.89. The number of hydrogen-bond donors (Lipinski definition) is 1. The van der Waals surface area contributed by atoms with Crippen LogP contribution in [0.5, 0.6) is 0 Å². The zero-order valence-corrected chi connectivity index (χ0v) is 10.7. The average molecular weight is 240 g/mol. The van der Waals surface area contributed by atoms with Crippen molar-refractivity contribution in [2.24, 2.45) is 0 Å². The van der Waals surface area contributed by atoms with Crippen LogP contribution in [-0.4, -0.2) is 13.1 Å². The Balaban J connectivity index is 2.30. The lowest BCUT2D eigenvalue weighted by Crippen LogP contribution is -2.49. The van der Waals surface area contributed by atoms with Gasteiger partial charge in [-0.1, -0.05) is 66.4 Å². The van der Waals surface area contributed by atoms with Crippen LogP contribution < -0.4 is 5.19 Å². The molecule has 0 bridgehead atoms. The zero-order chi connectivity index (χ0) is 12.1. The van der Waals surface area contributed by atoms with Gasteiger partial charge in [-0.15, -0.1) is 6.58 Å². The fourth-order valence-electron chi connectivity index (χ4n) is 1.93. The summed E-state index contributed by atoms with van der Waals surface area (Å²) in [5.74, 6) is 0. The molecule has 0 spiro atoms. The maximum atomic E-state index is 10.8. The normalized spacial score (nSPS) is 13.9. The Hall–Kier alpha value is -1.64. The van der Waals surface area contributed by atoms with E-state index in [2.05, 4.69) is 6.58 Å². The van der Waals surface area contributed by atoms with Crippen molar-refractivity contribution in [3.63, 3.8) is 0 Å². The van der Waals surface area contributed by atoms with Crippen LogP contribution in [0.1, 0.15) is 5.56 Å². The fourth-order valence-corrected chi connectivity index (χ4v) is 4.14. The largest absolute Gasteiger partial charge is 0.424 e. The van der Waals surface area contributed by atoms with Crippen molar-refractivity contribution in [2.75, 3.05) is 0 Å². The van der Waals surface area contributed by atoms with Crippen LogP contribution in [0.3, 0.4) is 0 Å². The van der Waals surface area contributed by atoms with Gasteiger partial charge in [0.15, 0.2) is 0 Å². The molecule has 0 aliphatic heterocycles. The molecule has 0 heterocycles. The number of hydrogen-bond acceptors (Lipinski definition) is 1. The van der Waals surface area contributed by atoms with Crippen molar-refractivity contribution < 1.29 is 4.80 Å². The van der Waals surface area contributed by atoms with Crippen molar-refractivity contribution in [3.8, 4) is 0 Å². The summed E-state index contributed by atoms with van der Waals surface area (Å²) in [6.45, 7) is 3.82. The molecule has 2 aromatic carbocycles. The summed E-state index contributed by atoms with van der Waals surface area (Å²) >= 11 is 0. The van der Waals surface area contributed by atoms with Crippen molar-refractivity contribution in [1.29, 1.82) is 0 Å². The Morgan fingerprint density at radius 2 is 1.47 bits per heavy atom. The predicted molar refractivity (Wildman–Crippen MR) is 74.4 cm³/mol. The van der Waals surface area contributed by atoms with Gasteiger partial charge in [0.1, 0.15) is 0 Å². The highest BCUT2D eigenvalue weighted by Crippen LogP contribution is 2.10. The van der Waals surface area contributed by atoms with Crippen LogP contribution in [0.4, 0.5) is 0 Å². The van der Waals surface area contributed by atoms with Gasteiger partial charge < -0.3 is 4.80 Å². The Morgan fingerprint density at radius 1 is 0.941 bits per heavy atom. The first-order valence-electron chi connectivity index (χ1n) is 5.70. The summed E-state index contributed by atoms with van der Waals surface area (Å²) in [6.07, 6.45) is 0. The lowest BCUT2D eigenvalue weighted by atomic mass is 10.2.